The third kappa shape index (κ3) is 7.55. The monoisotopic (exact) mass is 581 g/mol. The zero-order chi connectivity index (χ0) is 29.8. The minimum Gasteiger partial charge on any atom is -0.345 e. The Hall–Kier alpha value is -4.12. The fourth-order valence-corrected chi connectivity index (χ4v) is 4.84. The molecule has 1 aromatic heterocycles. The van der Waals surface area contributed by atoms with Crippen LogP contribution < -0.4 is 10.6 Å². The number of thioether (sulfide) groups is 1. The molecule has 0 spiro atoms. The number of anilines is 1. The number of aryl methyl sites for hydroxylation is 1. The van der Waals surface area contributed by atoms with E-state index in [1.165, 1.54) is 18.2 Å². The van der Waals surface area contributed by atoms with Crippen LogP contribution in [0, 0.1) is 6.92 Å². The Morgan fingerprint density at radius 1 is 0.927 bits per heavy atom. The lowest BCUT2D eigenvalue weighted by Crippen LogP contribution is -2.25. The average Bonchev–Trinajstić information content (AvgIpc) is 3.32. The van der Waals surface area contributed by atoms with Gasteiger partial charge in [-0.05, 0) is 59.9 Å². The van der Waals surface area contributed by atoms with Crippen LogP contribution in [0.25, 0.3) is 5.69 Å². The van der Waals surface area contributed by atoms with Crippen LogP contribution in [0.3, 0.4) is 0 Å². The number of aromatic nitrogens is 3. The van der Waals surface area contributed by atoms with Gasteiger partial charge in [0.1, 0.15) is 0 Å². The fourth-order valence-electron chi connectivity index (χ4n) is 4.07. The summed E-state index contributed by atoms with van der Waals surface area (Å²) in [5.74, 6) is -0.677. The van der Waals surface area contributed by atoms with Gasteiger partial charge in [-0.1, -0.05) is 68.9 Å². The molecule has 2 amide bonds. The molecule has 0 aliphatic heterocycles. The molecule has 0 aliphatic carbocycles. The van der Waals surface area contributed by atoms with Crippen molar-refractivity contribution in [1.82, 2.24) is 20.1 Å². The molecule has 0 radical (unpaired) electrons. The summed E-state index contributed by atoms with van der Waals surface area (Å²) in [6.07, 6.45) is -4.60. The Kier molecular flexibility index (Phi) is 8.86. The number of alkyl halides is 3. The molecule has 4 rings (SSSR count). The van der Waals surface area contributed by atoms with Crippen LogP contribution in [0.2, 0.25) is 0 Å². The van der Waals surface area contributed by atoms with Crippen molar-refractivity contribution in [2.75, 3.05) is 11.1 Å². The van der Waals surface area contributed by atoms with Crippen LogP contribution in [-0.2, 0) is 22.9 Å². The van der Waals surface area contributed by atoms with Gasteiger partial charge in [-0.3, -0.25) is 14.2 Å². The summed E-state index contributed by atoms with van der Waals surface area (Å²) in [6.45, 7) is 8.28. The molecule has 4 aromatic rings. The van der Waals surface area contributed by atoms with Crippen molar-refractivity contribution < 1.29 is 22.8 Å². The van der Waals surface area contributed by atoms with Crippen molar-refractivity contribution >= 4 is 29.3 Å². The average molecular weight is 582 g/mol. The number of hydrogen-bond donors (Lipinski definition) is 2. The number of para-hydroxylation sites is 1. The molecule has 214 valence electrons. The maximum absolute atomic E-state index is 13.3. The topological polar surface area (TPSA) is 88.9 Å². The number of amides is 2. The number of benzene rings is 3. The minimum atomic E-state index is -4.60. The molecule has 0 saturated carbocycles. The Morgan fingerprint density at radius 2 is 1.63 bits per heavy atom. The van der Waals surface area contributed by atoms with Gasteiger partial charge >= 0.3 is 6.18 Å². The summed E-state index contributed by atoms with van der Waals surface area (Å²) in [6, 6.07) is 19.7. The van der Waals surface area contributed by atoms with Crippen molar-refractivity contribution in [3.63, 3.8) is 0 Å². The lowest BCUT2D eigenvalue weighted by molar-refractivity contribution is -0.137. The van der Waals surface area contributed by atoms with E-state index in [2.05, 4.69) is 41.6 Å². The number of rotatable bonds is 8. The van der Waals surface area contributed by atoms with Gasteiger partial charge in [0, 0.05) is 11.3 Å². The first kappa shape index (κ1) is 29.9. The van der Waals surface area contributed by atoms with E-state index in [1.54, 1.807) is 16.7 Å². The molecule has 3 aromatic carbocycles. The van der Waals surface area contributed by atoms with Crippen LogP contribution in [0.4, 0.5) is 18.9 Å². The normalized spacial score (nSPS) is 11.8. The third-order valence-electron chi connectivity index (χ3n) is 6.22. The van der Waals surface area contributed by atoms with Crippen molar-refractivity contribution in [2.24, 2.45) is 0 Å². The van der Waals surface area contributed by atoms with E-state index in [-0.39, 0.29) is 29.3 Å². The summed E-state index contributed by atoms with van der Waals surface area (Å²) in [4.78, 5) is 25.5. The highest BCUT2D eigenvalue weighted by molar-refractivity contribution is 7.99. The van der Waals surface area contributed by atoms with Gasteiger partial charge in [-0.2, -0.15) is 13.2 Å². The van der Waals surface area contributed by atoms with Crippen molar-refractivity contribution in [1.29, 1.82) is 0 Å². The second-order valence-corrected chi connectivity index (χ2v) is 11.4. The summed E-state index contributed by atoms with van der Waals surface area (Å²) < 4.78 is 41.7. The molecule has 41 heavy (non-hydrogen) atoms. The lowest BCUT2D eigenvalue weighted by atomic mass is 9.87. The van der Waals surface area contributed by atoms with E-state index in [0.29, 0.717) is 16.5 Å². The predicted molar refractivity (Wildman–Crippen MR) is 153 cm³/mol. The predicted octanol–water partition coefficient (Wildman–Crippen LogP) is 6.55. The number of halogens is 3. The second-order valence-electron chi connectivity index (χ2n) is 10.5. The van der Waals surface area contributed by atoms with Crippen LogP contribution in [0.15, 0.2) is 78.0 Å². The molecule has 0 aliphatic rings. The molecule has 1 heterocycles. The molecule has 2 N–H and O–H groups in total. The van der Waals surface area contributed by atoms with E-state index in [1.807, 2.05) is 43.3 Å². The maximum Gasteiger partial charge on any atom is 0.418 e. The van der Waals surface area contributed by atoms with Gasteiger partial charge in [0.15, 0.2) is 11.0 Å². The third-order valence-corrected chi connectivity index (χ3v) is 7.15. The van der Waals surface area contributed by atoms with E-state index in [4.69, 9.17) is 0 Å². The van der Waals surface area contributed by atoms with Gasteiger partial charge in [0.05, 0.1) is 23.5 Å². The van der Waals surface area contributed by atoms with Crippen LogP contribution in [0.5, 0.6) is 0 Å². The van der Waals surface area contributed by atoms with Gasteiger partial charge in [0.25, 0.3) is 5.91 Å². The zero-order valence-electron chi connectivity index (χ0n) is 23.0. The Balaban J connectivity index is 1.50. The molecule has 0 atom stereocenters. The summed E-state index contributed by atoms with van der Waals surface area (Å²) in [5.41, 5.74) is 2.04. The van der Waals surface area contributed by atoms with Crippen LogP contribution in [-0.4, -0.2) is 32.3 Å². The first-order chi connectivity index (χ1) is 19.3. The van der Waals surface area contributed by atoms with Gasteiger partial charge in [-0.25, -0.2) is 0 Å². The Morgan fingerprint density at radius 3 is 2.29 bits per heavy atom. The molecule has 0 fully saturated rings. The molecule has 11 heteroatoms. The number of nitrogens with zero attached hydrogens (tertiary/aromatic N) is 3. The highest BCUT2D eigenvalue weighted by Crippen LogP contribution is 2.34. The quantitative estimate of drug-likeness (QED) is 0.230. The Bertz CT molecular complexity index is 1540. The highest BCUT2D eigenvalue weighted by atomic mass is 32.2. The van der Waals surface area contributed by atoms with Gasteiger partial charge < -0.3 is 10.6 Å². The number of carbonyl (C=O) groups is 2. The van der Waals surface area contributed by atoms with E-state index >= 15 is 0 Å². The number of hydrogen-bond acceptors (Lipinski definition) is 5. The van der Waals surface area contributed by atoms with E-state index < -0.39 is 17.6 Å². The van der Waals surface area contributed by atoms with E-state index in [0.717, 1.165) is 34.6 Å². The maximum atomic E-state index is 13.3. The van der Waals surface area contributed by atoms with Crippen molar-refractivity contribution in [2.45, 2.75) is 51.0 Å². The summed E-state index contributed by atoms with van der Waals surface area (Å²) in [5, 5.41) is 14.0. The van der Waals surface area contributed by atoms with Crippen molar-refractivity contribution in [3.05, 3.63) is 101 Å². The van der Waals surface area contributed by atoms with Crippen LogP contribution in [0.1, 0.15) is 53.6 Å². The van der Waals surface area contributed by atoms with E-state index in [9.17, 15) is 22.8 Å². The molecule has 0 unspecified atom stereocenters. The molecule has 7 nitrogen and oxygen atoms in total. The smallest absolute Gasteiger partial charge is 0.345 e. The van der Waals surface area contributed by atoms with Crippen LogP contribution >= 0.6 is 11.8 Å². The number of nitrogens with one attached hydrogen (secondary N) is 2. The SMILES string of the molecule is Cc1cccc(-n2c(CNC(=O)c3ccc(C(C)(C)C)cc3)nnc2SCC(=O)Nc2ccccc2C(F)(F)F)c1. The summed E-state index contributed by atoms with van der Waals surface area (Å²) in [7, 11) is 0. The largest absolute Gasteiger partial charge is 0.418 e. The summed E-state index contributed by atoms with van der Waals surface area (Å²) >= 11 is 1.03. The second kappa shape index (κ2) is 12.2. The fraction of sp³-hybridized carbons (Fsp3) is 0.267. The lowest BCUT2D eigenvalue weighted by Gasteiger charge is -2.19. The Labute approximate surface area is 240 Å². The first-order valence-electron chi connectivity index (χ1n) is 12.8. The van der Waals surface area contributed by atoms with Crippen molar-refractivity contribution in [3.8, 4) is 5.69 Å². The minimum absolute atomic E-state index is 0.0358. The van der Waals surface area contributed by atoms with Gasteiger partial charge in [-0.15, -0.1) is 10.2 Å². The molecule has 0 saturated heterocycles. The molecule has 0 bridgehead atoms. The zero-order valence-corrected chi connectivity index (χ0v) is 23.9. The highest BCUT2D eigenvalue weighted by Gasteiger charge is 2.33. The first-order valence-corrected chi connectivity index (χ1v) is 13.8. The molecular weight excluding hydrogens is 551 g/mol. The van der Waals surface area contributed by atoms with Gasteiger partial charge in [0.2, 0.25) is 5.91 Å². The standard InChI is InChI=1S/C30H30F3N5O2S/c1-19-8-7-9-22(16-19)38-25(17-34-27(40)20-12-14-21(15-13-20)29(2,3)4)36-37-28(38)41-18-26(39)35-24-11-6-5-10-23(24)30(31,32)33/h5-16H,17-18H2,1-4H3,(H,34,40)(H,35,39). The number of carbonyl (C=O) groups excluding carboxylic acids is 2. The molecular formula is C30H30F3N5O2S.